The number of nitrogens with zero attached hydrogens (tertiary/aromatic N) is 1. The third-order valence-corrected chi connectivity index (χ3v) is 3.65. The topological polar surface area (TPSA) is 23.5 Å². The van der Waals surface area contributed by atoms with Crippen molar-refractivity contribution >= 4 is 0 Å². The lowest BCUT2D eigenvalue weighted by atomic mass is 10.1. The second-order valence-electron chi connectivity index (χ2n) is 4.93. The first-order valence-electron chi connectivity index (χ1n) is 6.75. The van der Waals surface area contributed by atoms with Gasteiger partial charge >= 0.3 is 0 Å². The maximum absolute atomic E-state index is 10.2. The molecule has 0 radical (unpaired) electrons. The zero-order chi connectivity index (χ0) is 12.3. The van der Waals surface area contributed by atoms with Crippen LogP contribution < -0.4 is 0 Å². The summed E-state index contributed by atoms with van der Waals surface area (Å²) in [6.45, 7) is 6.13. The van der Waals surface area contributed by atoms with Crippen molar-refractivity contribution in [3.63, 3.8) is 0 Å². The number of aliphatic hydroxyl groups excluding tert-OH is 1. The zero-order valence-corrected chi connectivity index (χ0v) is 10.9. The molecule has 1 N–H and O–H groups in total. The molecule has 2 rings (SSSR count). The predicted octanol–water partition coefficient (Wildman–Crippen LogP) is 2.77. The Labute approximate surface area is 104 Å². The standard InChI is InChI=1S/C15H23NO/c1-3-12-5-7-13(8-6-12)15(17)11-16(4-2)14-9-10-14/h5-8,14-15,17H,3-4,9-11H2,1-2H3. The first-order chi connectivity index (χ1) is 8.24. The average Bonchev–Trinajstić information content (AvgIpc) is 3.20. The molecule has 0 amide bonds. The van der Waals surface area contributed by atoms with Gasteiger partial charge in [0.2, 0.25) is 0 Å². The maximum Gasteiger partial charge on any atom is 0.0917 e. The molecule has 2 nitrogen and oxygen atoms in total. The van der Waals surface area contributed by atoms with Gasteiger partial charge in [-0.2, -0.15) is 0 Å². The SMILES string of the molecule is CCc1ccc(C(O)CN(CC)C2CC2)cc1. The van der Waals surface area contributed by atoms with Gasteiger partial charge in [0, 0.05) is 12.6 Å². The maximum atomic E-state index is 10.2. The van der Waals surface area contributed by atoms with E-state index in [1.165, 1.54) is 18.4 Å². The molecule has 0 bridgehead atoms. The summed E-state index contributed by atoms with van der Waals surface area (Å²) in [5.74, 6) is 0. The van der Waals surface area contributed by atoms with Crippen LogP contribution >= 0.6 is 0 Å². The highest BCUT2D eigenvalue weighted by Crippen LogP contribution is 2.28. The minimum absolute atomic E-state index is 0.346. The van der Waals surface area contributed by atoms with Gasteiger partial charge in [0.15, 0.2) is 0 Å². The van der Waals surface area contributed by atoms with Crippen LogP contribution in [0.3, 0.4) is 0 Å². The Bertz CT molecular complexity index is 342. The molecule has 2 heteroatoms. The molecule has 17 heavy (non-hydrogen) atoms. The molecule has 1 aliphatic carbocycles. The first-order valence-corrected chi connectivity index (χ1v) is 6.75. The van der Waals surface area contributed by atoms with E-state index in [1.807, 2.05) is 0 Å². The zero-order valence-electron chi connectivity index (χ0n) is 10.9. The van der Waals surface area contributed by atoms with Crippen LogP contribution in [0.2, 0.25) is 0 Å². The minimum Gasteiger partial charge on any atom is -0.387 e. The molecular formula is C15H23NO. The molecule has 1 atom stereocenters. The molecule has 0 aliphatic heterocycles. The Hall–Kier alpha value is -0.860. The lowest BCUT2D eigenvalue weighted by Crippen LogP contribution is -2.30. The number of benzene rings is 1. The highest BCUT2D eigenvalue weighted by molar-refractivity contribution is 5.24. The van der Waals surface area contributed by atoms with Crippen molar-refractivity contribution in [1.82, 2.24) is 4.90 Å². The van der Waals surface area contributed by atoms with Gasteiger partial charge < -0.3 is 5.11 Å². The summed E-state index contributed by atoms with van der Waals surface area (Å²) >= 11 is 0. The van der Waals surface area contributed by atoms with Gasteiger partial charge in [-0.3, -0.25) is 4.90 Å². The van der Waals surface area contributed by atoms with Gasteiger partial charge in [-0.25, -0.2) is 0 Å². The molecule has 1 saturated carbocycles. The molecule has 1 unspecified atom stereocenters. The molecule has 1 aliphatic rings. The van der Waals surface area contributed by atoms with Gasteiger partial charge in [0.1, 0.15) is 0 Å². The molecule has 1 aromatic carbocycles. The molecule has 1 fully saturated rings. The van der Waals surface area contributed by atoms with E-state index in [-0.39, 0.29) is 6.10 Å². The van der Waals surface area contributed by atoms with Gasteiger partial charge in [-0.1, -0.05) is 38.1 Å². The summed E-state index contributed by atoms with van der Waals surface area (Å²) < 4.78 is 0. The first kappa shape index (κ1) is 12.6. The Morgan fingerprint density at radius 3 is 2.35 bits per heavy atom. The van der Waals surface area contributed by atoms with Crippen LogP contribution in [0.1, 0.15) is 43.9 Å². The fraction of sp³-hybridized carbons (Fsp3) is 0.600. The van der Waals surface area contributed by atoms with Crippen molar-refractivity contribution < 1.29 is 5.11 Å². The van der Waals surface area contributed by atoms with E-state index in [0.717, 1.165) is 31.1 Å². The molecule has 94 valence electrons. The van der Waals surface area contributed by atoms with Gasteiger partial charge in [-0.15, -0.1) is 0 Å². The second-order valence-corrected chi connectivity index (χ2v) is 4.93. The van der Waals surface area contributed by atoms with Crippen LogP contribution in [0, 0.1) is 0 Å². The third kappa shape index (κ3) is 3.30. The van der Waals surface area contributed by atoms with Crippen LogP contribution in [0.25, 0.3) is 0 Å². The molecule has 0 aromatic heterocycles. The lowest BCUT2D eigenvalue weighted by Gasteiger charge is -2.23. The van der Waals surface area contributed by atoms with Crippen molar-refractivity contribution in [2.45, 2.75) is 45.3 Å². The van der Waals surface area contributed by atoms with Crippen molar-refractivity contribution in [3.05, 3.63) is 35.4 Å². The summed E-state index contributed by atoms with van der Waals surface area (Å²) in [5.41, 5.74) is 2.37. The van der Waals surface area contributed by atoms with E-state index in [2.05, 4.69) is 43.0 Å². The number of likely N-dealkylation sites (N-methyl/N-ethyl adjacent to an activating group) is 1. The normalized spacial score (nSPS) is 17.4. The number of hydrogen-bond acceptors (Lipinski definition) is 2. The van der Waals surface area contributed by atoms with Crippen molar-refractivity contribution in [2.75, 3.05) is 13.1 Å². The predicted molar refractivity (Wildman–Crippen MR) is 71.0 cm³/mol. The second kappa shape index (κ2) is 5.65. The Morgan fingerprint density at radius 1 is 1.24 bits per heavy atom. The summed E-state index contributed by atoms with van der Waals surface area (Å²) in [6, 6.07) is 9.08. The number of aryl methyl sites for hydroxylation is 1. The van der Waals surface area contributed by atoms with E-state index in [9.17, 15) is 5.11 Å². The lowest BCUT2D eigenvalue weighted by molar-refractivity contribution is 0.112. The Balaban J connectivity index is 1.95. The third-order valence-electron chi connectivity index (χ3n) is 3.65. The minimum atomic E-state index is -0.346. The van der Waals surface area contributed by atoms with E-state index < -0.39 is 0 Å². The fourth-order valence-corrected chi connectivity index (χ4v) is 2.28. The Kier molecular flexibility index (Phi) is 4.19. The average molecular weight is 233 g/mol. The van der Waals surface area contributed by atoms with Crippen LogP contribution in [0.4, 0.5) is 0 Å². The van der Waals surface area contributed by atoms with Crippen molar-refractivity contribution in [1.29, 1.82) is 0 Å². The smallest absolute Gasteiger partial charge is 0.0917 e. The summed E-state index contributed by atoms with van der Waals surface area (Å²) in [4.78, 5) is 2.39. The van der Waals surface area contributed by atoms with Crippen LogP contribution in [-0.4, -0.2) is 29.1 Å². The van der Waals surface area contributed by atoms with E-state index in [0.29, 0.717) is 0 Å². The monoisotopic (exact) mass is 233 g/mol. The highest BCUT2D eigenvalue weighted by atomic mass is 16.3. The molecular weight excluding hydrogens is 210 g/mol. The molecule has 0 spiro atoms. The van der Waals surface area contributed by atoms with Gasteiger partial charge in [0.25, 0.3) is 0 Å². The van der Waals surface area contributed by atoms with Crippen molar-refractivity contribution in [2.24, 2.45) is 0 Å². The van der Waals surface area contributed by atoms with E-state index >= 15 is 0 Å². The summed E-state index contributed by atoms with van der Waals surface area (Å²) in [6.07, 6.45) is 3.31. The number of rotatable bonds is 6. The Morgan fingerprint density at radius 2 is 1.88 bits per heavy atom. The van der Waals surface area contributed by atoms with Gasteiger partial charge in [0.05, 0.1) is 6.10 Å². The van der Waals surface area contributed by atoms with Gasteiger partial charge in [-0.05, 0) is 36.9 Å². The fourth-order valence-electron chi connectivity index (χ4n) is 2.28. The highest BCUT2D eigenvalue weighted by Gasteiger charge is 2.29. The summed E-state index contributed by atoms with van der Waals surface area (Å²) in [7, 11) is 0. The van der Waals surface area contributed by atoms with Crippen molar-refractivity contribution in [3.8, 4) is 0 Å². The molecule has 1 aromatic rings. The van der Waals surface area contributed by atoms with Crippen LogP contribution in [-0.2, 0) is 6.42 Å². The van der Waals surface area contributed by atoms with Crippen LogP contribution in [0.5, 0.6) is 0 Å². The summed E-state index contributed by atoms with van der Waals surface area (Å²) in [5, 5.41) is 10.2. The van der Waals surface area contributed by atoms with Crippen LogP contribution in [0.15, 0.2) is 24.3 Å². The quantitative estimate of drug-likeness (QED) is 0.816. The van der Waals surface area contributed by atoms with E-state index in [4.69, 9.17) is 0 Å². The van der Waals surface area contributed by atoms with E-state index in [1.54, 1.807) is 0 Å². The molecule has 0 saturated heterocycles. The largest absolute Gasteiger partial charge is 0.387 e. The number of hydrogen-bond donors (Lipinski definition) is 1. The number of aliphatic hydroxyl groups is 1. The molecule has 0 heterocycles.